The van der Waals surface area contributed by atoms with Gasteiger partial charge in [-0.05, 0) is 67.6 Å². The van der Waals surface area contributed by atoms with Gasteiger partial charge in [-0.25, -0.2) is 4.79 Å². The number of carbonyl (C=O) groups excluding carboxylic acids is 2. The van der Waals surface area contributed by atoms with Gasteiger partial charge in [-0.15, -0.1) is 0 Å². The number of fused-ring (bicyclic) bond motifs is 2. The van der Waals surface area contributed by atoms with Crippen LogP contribution in [-0.2, 0) is 16.1 Å². The number of aliphatic hydroxyl groups excluding tert-OH is 2. The maximum Gasteiger partial charge on any atom is 0.407 e. The van der Waals surface area contributed by atoms with E-state index in [4.69, 9.17) is 14.2 Å². The van der Waals surface area contributed by atoms with E-state index in [1.165, 1.54) is 0 Å². The number of carbonyl (C=O) groups is 2. The van der Waals surface area contributed by atoms with E-state index in [1.807, 2.05) is 32.0 Å². The number of aliphatic hydroxyl groups is 2. The lowest BCUT2D eigenvalue weighted by Gasteiger charge is -2.60. The molecule has 0 bridgehead atoms. The normalized spacial score (nSPS) is 33.5. The SMILES string of the molecule is CCNC(=O)O[C@H]1CC[C@@]2(C)[C@H](CC[C@@H](O)[C@H]2CC(=O)NCc2ccc3c(c2)OCO3)[C@]1(C)CO. The lowest BCUT2D eigenvalue weighted by molar-refractivity contribution is -0.185. The van der Waals surface area contributed by atoms with Gasteiger partial charge >= 0.3 is 6.09 Å². The van der Waals surface area contributed by atoms with Crippen LogP contribution in [0.1, 0.15) is 58.4 Å². The molecule has 6 atom stereocenters. The van der Waals surface area contributed by atoms with Crippen LogP contribution < -0.4 is 20.1 Å². The number of rotatable bonds is 7. The van der Waals surface area contributed by atoms with Crippen LogP contribution >= 0.6 is 0 Å². The molecule has 0 spiro atoms. The number of alkyl carbamates (subject to hydrolysis) is 1. The van der Waals surface area contributed by atoms with E-state index in [-0.39, 0.29) is 43.0 Å². The minimum absolute atomic E-state index is 0.00300. The number of ether oxygens (including phenoxy) is 3. The van der Waals surface area contributed by atoms with Crippen molar-refractivity contribution in [3.05, 3.63) is 23.8 Å². The highest BCUT2D eigenvalue weighted by molar-refractivity contribution is 5.76. The molecule has 1 aromatic carbocycles. The van der Waals surface area contributed by atoms with Crippen LogP contribution in [-0.4, -0.2) is 54.4 Å². The second kappa shape index (κ2) is 10.2. The fraction of sp³-hybridized carbons (Fsp3) is 0.692. The van der Waals surface area contributed by atoms with Crippen LogP contribution in [0.15, 0.2) is 18.2 Å². The van der Waals surface area contributed by atoms with Gasteiger partial charge in [-0.2, -0.15) is 0 Å². The van der Waals surface area contributed by atoms with Gasteiger partial charge < -0.3 is 35.1 Å². The summed E-state index contributed by atoms with van der Waals surface area (Å²) in [6.07, 6.45) is 1.23. The Morgan fingerprint density at radius 3 is 2.66 bits per heavy atom. The molecule has 1 aromatic rings. The zero-order valence-corrected chi connectivity index (χ0v) is 20.8. The van der Waals surface area contributed by atoms with Crippen molar-refractivity contribution in [2.75, 3.05) is 19.9 Å². The summed E-state index contributed by atoms with van der Waals surface area (Å²) in [5.41, 5.74) is -0.113. The third-order valence-corrected chi connectivity index (χ3v) is 8.58. The van der Waals surface area contributed by atoms with Crippen LogP contribution in [0.25, 0.3) is 0 Å². The first kappa shape index (κ1) is 25.6. The van der Waals surface area contributed by atoms with Crippen molar-refractivity contribution in [3.8, 4) is 11.5 Å². The summed E-state index contributed by atoms with van der Waals surface area (Å²) in [6, 6.07) is 5.58. The Bertz CT molecular complexity index is 940. The number of hydrogen-bond acceptors (Lipinski definition) is 7. The Morgan fingerprint density at radius 1 is 1.14 bits per heavy atom. The minimum atomic E-state index is -0.653. The van der Waals surface area contributed by atoms with E-state index in [0.29, 0.717) is 50.3 Å². The molecule has 1 heterocycles. The average molecular weight is 491 g/mol. The van der Waals surface area contributed by atoms with Gasteiger partial charge in [0.25, 0.3) is 0 Å². The zero-order valence-electron chi connectivity index (χ0n) is 20.8. The van der Waals surface area contributed by atoms with Crippen LogP contribution in [0.2, 0.25) is 0 Å². The Balaban J connectivity index is 1.44. The lowest BCUT2D eigenvalue weighted by atomic mass is 9.46. The van der Waals surface area contributed by atoms with Crippen molar-refractivity contribution < 1.29 is 34.0 Å². The summed E-state index contributed by atoms with van der Waals surface area (Å²) >= 11 is 0. The van der Waals surface area contributed by atoms with Crippen molar-refractivity contribution in [2.45, 2.75) is 71.6 Å². The van der Waals surface area contributed by atoms with Crippen LogP contribution in [0.5, 0.6) is 11.5 Å². The molecule has 4 rings (SSSR count). The van der Waals surface area contributed by atoms with Gasteiger partial charge in [0.15, 0.2) is 11.5 Å². The second-order valence-electron chi connectivity index (χ2n) is 10.6. The quantitative estimate of drug-likeness (QED) is 0.463. The molecular formula is C26H38N2O7. The smallest absolute Gasteiger partial charge is 0.407 e. The fourth-order valence-corrected chi connectivity index (χ4v) is 6.62. The molecule has 0 unspecified atom stereocenters. The molecule has 4 N–H and O–H groups in total. The van der Waals surface area contributed by atoms with Crippen molar-refractivity contribution in [1.82, 2.24) is 10.6 Å². The lowest BCUT2D eigenvalue weighted by Crippen LogP contribution is -2.61. The molecule has 0 saturated heterocycles. The Kier molecular flexibility index (Phi) is 7.47. The third kappa shape index (κ3) is 4.93. The van der Waals surface area contributed by atoms with Crippen LogP contribution in [0.4, 0.5) is 4.79 Å². The maximum atomic E-state index is 13.0. The topological polar surface area (TPSA) is 126 Å². The van der Waals surface area contributed by atoms with E-state index in [0.717, 1.165) is 5.56 Å². The van der Waals surface area contributed by atoms with Gasteiger partial charge in [-0.1, -0.05) is 19.9 Å². The predicted molar refractivity (Wildman–Crippen MR) is 128 cm³/mol. The number of amides is 2. The molecule has 9 heteroatoms. The highest BCUT2D eigenvalue weighted by atomic mass is 16.7. The molecule has 0 aromatic heterocycles. The van der Waals surface area contributed by atoms with Crippen LogP contribution in [0.3, 0.4) is 0 Å². The first-order chi connectivity index (χ1) is 16.7. The fourth-order valence-electron chi connectivity index (χ4n) is 6.62. The summed E-state index contributed by atoms with van der Waals surface area (Å²) in [7, 11) is 0. The molecule has 3 aliphatic rings. The first-order valence-corrected chi connectivity index (χ1v) is 12.6. The Morgan fingerprint density at radius 2 is 1.91 bits per heavy atom. The van der Waals surface area contributed by atoms with Crippen molar-refractivity contribution in [3.63, 3.8) is 0 Å². The molecule has 2 amide bonds. The summed E-state index contributed by atoms with van der Waals surface area (Å²) in [4.78, 5) is 25.1. The number of benzene rings is 1. The predicted octanol–water partition coefficient (Wildman–Crippen LogP) is 2.72. The highest BCUT2D eigenvalue weighted by Gasteiger charge is 2.60. The average Bonchev–Trinajstić information content (AvgIpc) is 3.30. The van der Waals surface area contributed by atoms with Crippen molar-refractivity contribution >= 4 is 12.0 Å². The molecule has 194 valence electrons. The van der Waals surface area contributed by atoms with Crippen molar-refractivity contribution in [2.24, 2.45) is 22.7 Å². The Labute approximate surface area is 206 Å². The van der Waals surface area contributed by atoms with E-state index in [1.54, 1.807) is 0 Å². The number of hydrogen-bond donors (Lipinski definition) is 4. The zero-order chi connectivity index (χ0) is 25.2. The largest absolute Gasteiger partial charge is 0.454 e. The monoisotopic (exact) mass is 490 g/mol. The van der Waals surface area contributed by atoms with Crippen LogP contribution in [0, 0.1) is 22.7 Å². The maximum absolute atomic E-state index is 13.0. The molecule has 2 fully saturated rings. The van der Waals surface area contributed by atoms with Gasteiger partial charge in [0.1, 0.15) is 6.10 Å². The Hall–Kier alpha value is -2.52. The summed E-state index contributed by atoms with van der Waals surface area (Å²) in [5.74, 6) is 0.991. The molecule has 2 aliphatic carbocycles. The molecule has 9 nitrogen and oxygen atoms in total. The standard InChI is InChI=1S/C26H38N2O7/c1-4-27-24(32)35-22-9-10-25(2)17(18(30)6-8-21(25)26(22,3)14-29)12-23(31)28-13-16-5-7-19-20(11-16)34-15-33-19/h5,7,11,17-18,21-22,29-30H,4,6,8-10,12-15H2,1-3H3,(H,27,32)(H,28,31)/t17-,18-,21+,22+,25-,26+/m1/s1. The van der Waals surface area contributed by atoms with Gasteiger partial charge in [-0.3, -0.25) is 4.79 Å². The van der Waals surface area contributed by atoms with E-state index < -0.39 is 23.7 Å². The van der Waals surface area contributed by atoms with Gasteiger partial charge in [0.05, 0.1) is 12.7 Å². The van der Waals surface area contributed by atoms with Crippen molar-refractivity contribution in [1.29, 1.82) is 0 Å². The molecule has 1 aliphatic heterocycles. The second-order valence-corrected chi connectivity index (χ2v) is 10.6. The summed E-state index contributed by atoms with van der Waals surface area (Å²) < 4.78 is 16.5. The molecular weight excluding hydrogens is 452 g/mol. The van der Waals surface area contributed by atoms with Gasteiger partial charge in [0.2, 0.25) is 12.7 Å². The van der Waals surface area contributed by atoms with E-state index in [2.05, 4.69) is 17.6 Å². The first-order valence-electron chi connectivity index (χ1n) is 12.6. The van der Waals surface area contributed by atoms with E-state index >= 15 is 0 Å². The number of nitrogens with one attached hydrogen (secondary N) is 2. The minimum Gasteiger partial charge on any atom is -0.454 e. The highest BCUT2D eigenvalue weighted by Crippen LogP contribution is 2.61. The summed E-state index contributed by atoms with van der Waals surface area (Å²) in [6.45, 7) is 6.81. The molecule has 0 radical (unpaired) electrons. The van der Waals surface area contributed by atoms with E-state index in [9.17, 15) is 19.8 Å². The van der Waals surface area contributed by atoms with Gasteiger partial charge in [0, 0.05) is 24.9 Å². The summed E-state index contributed by atoms with van der Waals surface area (Å²) in [5, 5.41) is 27.1. The molecule has 2 saturated carbocycles. The molecule has 35 heavy (non-hydrogen) atoms. The third-order valence-electron chi connectivity index (χ3n) is 8.58.